The van der Waals surface area contributed by atoms with Crippen LogP contribution in [0.3, 0.4) is 0 Å². The van der Waals surface area contributed by atoms with E-state index in [1.54, 1.807) is 30.5 Å². The first-order chi connectivity index (χ1) is 13.0. The monoisotopic (exact) mass is 397 g/mol. The van der Waals surface area contributed by atoms with Crippen molar-refractivity contribution >= 4 is 34.3 Å². The molecule has 4 heterocycles. The summed E-state index contributed by atoms with van der Waals surface area (Å²) >= 11 is 2.88. The number of aromatic nitrogens is 3. The lowest BCUT2D eigenvalue weighted by atomic mass is 10.3. The molecule has 0 fully saturated rings. The highest BCUT2D eigenvalue weighted by molar-refractivity contribution is 7.17. The first-order valence-corrected chi connectivity index (χ1v) is 9.93. The molecule has 0 spiro atoms. The van der Waals surface area contributed by atoms with E-state index in [0.29, 0.717) is 21.9 Å². The van der Waals surface area contributed by atoms with Gasteiger partial charge in [0, 0.05) is 23.2 Å². The van der Waals surface area contributed by atoms with Crippen molar-refractivity contribution in [1.29, 1.82) is 0 Å². The van der Waals surface area contributed by atoms with E-state index in [0.717, 1.165) is 16.1 Å². The topological polar surface area (TPSA) is 73.6 Å². The maximum Gasteiger partial charge on any atom is 0.350 e. The normalized spacial score (nSPS) is 11.0. The SMILES string of the molecule is Cc1ccc2nc(COC(=O)c3sc(-c4ccsc4)nc3C)cc(=O)n2c1. The van der Waals surface area contributed by atoms with Gasteiger partial charge in [-0.3, -0.25) is 9.20 Å². The second-order valence-corrected chi connectivity index (χ2v) is 7.82. The molecule has 0 radical (unpaired) electrons. The highest BCUT2D eigenvalue weighted by Crippen LogP contribution is 2.29. The molecule has 0 saturated carbocycles. The smallest absolute Gasteiger partial charge is 0.350 e. The molecule has 27 heavy (non-hydrogen) atoms. The van der Waals surface area contributed by atoms with E-state index < -0.39 is 5.97 Å². The molecule has 4 aromatic heterocycles. The molecular weight excluding hydrogens is 382 g/mol. The van der Waals surface area contributed by atoms with Crippen molar-refractivity contribution in [3.05, 3.63) is 73.4 Å². The summed E-state index contributed by atoms with van der Waals surface area (Å²) in [7, 11) is 0. The van der Waals surface area contributed by atoms with Gasteiger partial charge in [0.15, 0.2) is 0 Å². The number of rotatable bonds is 4. The Morgan fingerprint density at radius 2 is 2.07 bits per heavy atom. The predicted molar refractivity (Wildman–Crippen MR) is 105 cm³/mol. The lowest BCUT2D eigenvalue weighted by Crippen LogP contribution is -2.16. The molecule has 0 aromatic carbocycles. The van der Waals surface area contributed by atoms with Crippen molar-refractivity contribution < 1.29 is 9.53 Å². The zero-order valence-corrected chi connectivity index (χ0v) is 16.3. The van der Waals surface area contributed by atoms with Gasteiger partial charge in [-0.05, 0) is 36.9 Å². The summed E-state index contributed by atoms with van der Waals surface area (Å²) in [6.45, 7) is 3.62. The summed E-state index contributed by atoms with van der Waals surface area (Å²) < 4.78 is 6.85. The van der Waals surface area contributed by atoms with E-state index in [1.165, 1.54) is 21.8 Å². The van der Waals surface area contributed by atoms with E-state index in [4.69, 9.17) is 4.74 Å². The third-order valence-corrected chi connectivity index (χ3v) is 5.83. The average Bonchev–Trinajstić information content (AvgIpc) is 3.30. The van der Waals surface area contributed by atoms with Crippen LogP contribution in [0.5, 0.6) is 0 Å². The fraction of sp³-hybridized carbons (Fsp3) is 0.158. The summed E-state index contributed by atoms with van der Waals surface area (Å²) in [6, 6.07) is 7.00. The summed E-state index contributed by atoms with van der Waals surface area (Å²) in [5.74, 6) is -0.461. The first kappa shape index (κ1) is 17.6. The van der Waals surface area contributed by atoms with Crippen LogP contribution in [-0.2, 0) is 11.3 Å². The number of nitrogens with zero attached hydrogens (tertiary/aromatic N) is 3. The molecule has 8 heteroatoms. The number of aryl methyl sites for hydroxylation is 2. The second-order valence-electron chi connectivity index (χ2n) is 6.04. The fourth-order valence-corrected chi connectivity index (χ4v) is 4.30. The quantitative estimate of drug-likeness (QED) is 0.489. The third kappa shape index (κ3) is 3.54. The van der Waals surface area contributed by atoms with Crippen LogP contribution in [0.1, 0.15) is 26.6 Å². The summed E-state index contributed by atoms with van der Waals surface area (Å²) in [5, 5.41) is 4.75. The van der Waals surface area contributed by atoms with E-state index in [2.05, 4.69) is 9.97 Å². The number of fused-ring (bicyclic) bond motifs is 1. The maximum atomic E-state index is 12.5. The Kier molecular flexibility index (Phi) is 4.59. The number of thiophene rings is 1. The summed E-state index contributed by atoms with van der Waals surface area (Å²) in [6.07, 6.45) is 1.73. The van der Waals surface area contributed by atoms with Crippen LogP contribution in [0.4, 0.5) is 0 Å². The predicted octanol–water partition coefficient (Wildman–Crippen LogP) is 3.85. The average molecular weight is 397 g/mol. The van der Waals surface area contributed by atoms with Gasteiger partial charge in [-0.15, -0.1) is 11.3 Å². The molecule has 0 unspecified atom stereocenters. The van der Waals surface area contributed by atoms with E-state index in [-0.39, 0.29) is 12.2 Å². The zero-order valence-electron chi connectivity index (χ0n) is 14.6. The number of hydrogen-bond donors (Lipinski definition) is 0. The summed E-state index contributed by atoms with van der Waals surface area (Å²) in [4.78, 5) is 34.0. The number of esters is 1. The molecule has 0 aliphatic rings. The third-order valence-electron chi connectivity index (χ3n) is 3.96. The van der Waals surface area contributed by atoms with Gasteiger partial charge < -0.3 is 4.74 Å². The van der Waals surface area contributed by atoms with Crippen LogP contribution in [0, 0.1) is 13.8 Å². The highest BCUT2D eigenvalue weighted by atomic mass is 32.1. The lowest BCUT2D eigenvalue weighted by Gasteiger charge is -2.06. The Morgan fingerprint density at radius 1 is 1.22 bits per heavy atom. The van der Waals surface area contributed by atoms with E-state index >= 15 is 0 Å². The van der Waals surface area contributed by atoms with Crippen LogP contribution in [-0.4, -0.2) is 20.3 Å². The van der Waals surface area contributed by atoms with Crippen LogP contribution < -0.4 is 5.56 Å². The van der Waals surface area contributed by atoms with Crippen molar-refractivity contribution in [3.63, 3.8) is 0 Å². The van der Waals surface area contributed by atoms with Gasteiger partial charge in [0.2, 0.25) is 0 Å². The standard InChI is InChI=1S/C19H15N3O3S2/c1-11-3-4-15-21-14(7-16(23)22(15)8-11)9-25-19(24)17-12(2)20-18(27-17)13-5-6-26-10-13/h3-8,10H,9H2,1-2H3. The molecule has 6 nitrogen and oxygen atoms in total. The Bertz CT molecular complexity index is 1190. The molecule has 0 bridgehead atoms. The fourth-order valence-electron chi connectivity index (χ4n) is 2.63. The number of thiazole rings is 1. The summed E-state index contributed by atoms with van der Waals surface area (Å²) in [5.41, 5.74) is 3.32. The molecule has 0 N–H and O–H groups in total. The molecule has 136 valence electrons. The van der Waals surface area contributed by atoms with E-state index in [9.17, 15) is 9.59 Å². The van der Waals surface area contributed by atoms with Crippen LogP contribution in [0.25, 0.3) is 16.2 Å². The molecule has 0 amide bonds. The number of ether oxygens (including phenoxy) is 1. The molecule has 0 atom stereocenters. The van der Waals surface area contributed by atoms with Gasteiger partial charge >= 0.3 is 5.97 Å². The van der Waals surface area contributed by atoms with Crippen molar-refractivity contribution in [2.24, 2.45) is 0 Å². The molecule has 0 aliphatic heterocycles. The minimum atomic E-state index is -0.461. The van der Waals surface area contributed by atoms with Gasteiger partial charge in [0.25, 0.3) is 5.56 Å². The largest absolute Gasteiger partial charge is 0.455 e. The van der Waals surface area contributed by atoms with Gasteiger partial charge in [0.05, 0.1) is 11.4 Å². The minimum Gasteiger partial charge on any atom is -0.455 e. The van der Waals surface area contributed by atoms with Gasteiger partial charge in [-0.1, -0.05) is 6.07 Å². The molecule has 4 rings (SSSR count). The Balaban J connectivity index is 1.54. The van der Waals surface area contributed by atoms with Crippen molar-refractivity contribution in [1.82, 2.24) is 14.4 Å². The Labute approximate surface area is 162 Å². The zero-order chi connectivity index (χ0) is 19.0. The van der Waals surface area contributed by atoms with Crippen LogP contribution in [0.15, 0.2) is 46.0 Å². The van der Waals surface area contributed by atoms with Crippen LogP contribution in [0.2, 0.25) is 0 Å². The van der Waals surface area contributed by atoms with Gasteiger partial charge in [-0.25, -0.2) is 14.8 Å². The van der Waals surface area contributed by atoms with Crippen molar-refractivity contribution in [2.75, 3.05) is 0 Å². The molecular formula is C19H15N3O3S2. The van der Waals surface area contributed by atoms with E-state index in [1.807, 2.05) is 29.8 Å². The molecule has 4 aromatic rings. The first-order valence-electron chi connectivity index (χ1n) is 8.17. The van der Waals surface area contributed by atoms with Crippen LogP contribution >= 0.6 is 22.7 Å². The molecule has 0 saturated heterocycles. The number of hydrogen-bond acceptors (Lipinski definition) is 7. The van der Waals surface area contributed by atoms with Gasteiger partial charge in [0.1, 0.15) is 22.1 Å². The van der Waals surface area contributed by atoms with Crippen molar-refractivity contribution in [3.8, 4) is 10.6 Å². The second kappa shape index (κ2) is 7.05. The Hall–Kier alpha value is -2.84. The highest BCUT2D eigenvalue weighted by Gasteiger charge is 2.18. The number of carbonyl (C=O) groups is 1. The number of pyridine rings is 1. The minimum absolute atomic E-state index is 0.0659. The van der Waals surface area contributed by atoms with Crippen molar-refractivity contribution in [2.45, 2.75) is 20.5 Å². The Morgan fingerprint density at radius 3 is 2.85 bits per heavy atom. The van der Waals surface area contributed by atoms with Gasteiger partial charge in [-0.2, -0.15) is 11.3 Å². The molecule has 0 aliphatic carbocycles. The number of carbonyl (C=O) groups excluding carboxylic acids is 1. The lowest BCUT2D eigenvalue weighted by molar-refractivity contribution is 0.0472. The maximum absolute atomic E-state index is 12.5.